The highest BCUT2D eigenvalue weighted by molar-refractivity contribution is 5.38. The fourth-order valence-corrected chi connectivity index (χ4v) is 1.93. The first-order chi connectivity index (χ1) is 10.1. The van der Waals surface area contributed by atoms with Gasteiger partial charge >= 0.3 is 0 Å². The SMILES string of the molecule is Cc1ccccc1CNc1cnnc(NCCC(C)C)n1. The number of nitrogens with one attached hydrogen (secondary N) is 2. The highest BCUT2D eigenvalue weighted by Gasteiger charge is 2.02. The number of nitrogens with zero attached hydrogens (tertiary/aromatic N) is 3. The minimum atomic E-state index is 0.574. The van der Waals surface area contributed by atoms with Gasteiger partial charge in [0, 0.05) is 13.1 Å². The molecule has 0 spiro atoms. The van der Waals surface area contributed by atoms with Gasteiger partial charge in [0.2, 0.25) is 5.95 Å². The van der Waals surface area contributed by atoms with Crippen LogP contribution in [-0.2, 0) is 6.54 Å². The second-order valence-electron chi connectivity index (χ2n) is 5.55. The van der Waals surface area contributed by atoms with Crippen LogP contribution in [0.3, 0.4) is 0 Å². The molecule has 21 heavy (non-hydrogen) atoms. The largest absolute Gasteiger partial charge is 0.365 e. The Hall–Kier alpha value is -2.17. The summed E-state index contributed by atoms with van der Waals surface area (Å²) in [6.07, 6.45) is 2.73. The van der Waals surface area contributed by atoms with Crippen molar-refractivity contribution < 1.29 is 0 Å². The molecule has 0 bridgehead atoms. The minimum Gasteiger partial charge on any atom is -0.365 e. The lowest BCUT2D eigenvalue weighted by Crippen LogP contribution is -2.10. The van der Waals surface area contributed by atoms with E-state index in [-0.39, 0.29) is 0 Å². The Labute approximate surface area is 126 Å². The summed E-state index contributed by atoms with van der Waals surface area (Å²) in [5.74, 6) is 1.97. The van der Waals surface area contributed by atoms with Crippen molar-refractivity contribution in [1.29, 1.82) is 0 Å². The third kappa shape index (κ3) is 5.02. The summed E-state index contributed by atoms with van der Waals surface area (Å²) in [4.78, 5) is 4.42. The fraction of sp³-hybridized carbons (Fsp3) is 0.438. The number of benzene rings is 1. The van der Waals surface area contributed by atoms with E-state index in [0.717, 1.165) is 25.3 Å². The average Bonchev–Trinajstić information content (AvgIpc) is 2.46. The van der Waals surface area contributed by atoms with E-state index in [1.165, 1.54) is 11.1 Å². The Bertz CT molecular complexity index is 568. The lowest BCUT2D eigenvalue weighted by molar-refractivity contribution is 0.605. The molecule has 0 aliphatic rings. The highest BCUT2D eigenvalue weighted by Crippen LogP contribution is 2.10. The van der Waals surface area contributed by atoms with Gasteiger partial charge in [-0.15, -0.1) is 5.10 Å². The van der Waals surface area contributed by atoms with E-state index in [9.17, 15) is 0 Å². The van der Waals surface area contributed by atoms with Gasteiger partial charge in [0.1, 0.15) is 0 Å². The normalized spacial score (nSPS) is 10.7. The van der Waals surface area contributed by atoms with Crippen LogP contribution >= 0.6 is 0 Å². The molecule has 0 saturated heterocycles. The Morgan fingerprint density at radius 1 is 1.14 bits per heavy atom. The molecule has 0 fully saturated rings. The van der Waals surface area contributed by atoms with Crippen LogP contribution in [0.15, 0.2) is 30.5 Å². The molecule has 0 aliphatic carbocycles. The number of hydrogen-bond donors (Lipinski definition) is 2. The molecular formula is C16H23N5. The Morgan fingerprint density at radius 2 is 1.95 bits per heavy atom. The maximum atomic E-state index is 4.42. The Balaban J connectivity index is 1.90. The molecule has 0 unspecified atom stereocenters. The van der Waals surface area contributed by atoms with Crippen LogP contribution in [0.5, 0.6) is 0 Å². The smallest absolute Gasteiger partial charge is 0.244 e. The number of rotatable bonds is 7. The Kier molecular flexibility index (Phi) is 5.49. The van der Waals surface area contributed by atoms with Gasteiger partial charge in [-0.1, -0.05) is 38.1 Å². The van der Waals surface area contributed by atoms with Crippen LogP contribution in [0, 0.1) is 12.8 Å². The first kappa shape index (κ1) is 15.2. The summed E-state index contributed by atoms with van der Waals surface area (Å²) in [6.45, 7) is 8.09. The zero-order chi connectivity index (χ0) is 15.1. The van der Waals surface area contributed by atoms with Crippen molar-refractivity contribution in [2.24, 2.45) is 5.92 Å². The lowest BCUT2D eigenvalue weighted by Gasteiger charge is -2.09. The standard InChI is InChI=1S/C16H23N5/c1-12(2)8-9-17-16-20-15(11-19-21-16)18-10-14-7-5-4-6-13(14)3/h4-7,11-12H,8-10H2,1-3H3,(H2,17,18,20,21). The van der Waals surface area contributed by atoms with Crippen LogP contribution in [0.2, 0.25) is 0 Å². The van der Waals surface area contributed by atoms with Crippen LogP contribution in [0.4, 0.5) is 11.8 Å². The van der Waals surface area contributed by atoms with Crippen LogP contribution < -0.4 is 10.6 Å². The molecule has 0 radical (unpaired) electrons. The quantitative estimate of drug-likeness (QED) is 0.817. The van der Waals surface area contributed by atoms with Gasteiger partial charge in [-0.2, -0.15) is 10.1 Å². The van der Waals surface area contributed by atoms with E-state index in [0.29, 0.717) is 11.9 Å². The van der Waals surface area contributed by atoms with Crippen molar-refractivity contribution in [2.75, 3.05) is 17.2 Å². The number of aryl methyl sites for hydroxylation is 1. The fourth-order valence-electron chi connectivity index (χ4n) is 1.93. The van der Waals surface area contributed by atoms with Crippen molar-refractivity contribution in [3.05, 3.63) is 41.6 Å². The molecule has 112 valence electrons. The third-order valence-corrected chi connectivity index (χ3v) is 3.28. The molecule has 2 N–H and O–H groups in total. The zero-order valence-electron chi connectivity index (χ0n) is 12.9. The average molecular weight is 285 g/mol. The zero-order valence-corrected chi connectivity index (χ0v) is 12.9. The number of anilines is 2. The van der Waals surface area contributed by atoms with Gasteiger partial charge in [0.15, 0.2) is 5.82 Å². The number of aromatic nitrogens is 3. The molecular weight excluding hydrogens is 262 g/mol. The van der Waals surface area contributed by atoms with Crippen LogP contribution in [-0.4, -0.2) is 21.7 Å². The van der Waals surface area contributed by atoms with Gasteiger partial charge in [-0.25, -0.2) is 0 Å². The molecule has 1 aromatic heterocycles. The first-order valence-corrected chi connectivity index (χ1v) is 7.37. The van der Waals surface area contributed by atoms with Gasteiger partial charge in [-0.3, -0.25) is 0 Å². The second-order valence-corrected chi connectivity index (χ2v) is 5.55. The molecule has 1 heterocycles. The minimum absolute atomic E-state index is 0.574. The monoisotopic (exact) mass is 285 g/mol. The topological polar surface area (TPSA) is 62.7 Å². The highest BCUT2D eigenvalue weighted by atomic mass is 15.3. The summed E-state index contributed by atoms with van der Waals surface area (Å²) in [5.41, 5.74) is 2.52. The summed E-state index contributed by atoms with van der Waals surface area (Å²) < 4.78 is 0. The molecule has 2 aromatic rings. The lowest BCUT2D eigenvalue weighted by atomic mass is 10.1. The van der Waals surface area contributed by atoms with Crippen LogP contribution in [0.25, 0.3) is 0 Å². The first-order valence-electron chi connectivity index (χ1n) is 7.37. The molecule has 5 heteroatoms. The predicted molar refractivity (Wildman–Crippen MR) is 86.3 cm³/mol. The summed E-state index contributed by atoms with van der Waals surface area (Å²) >= 11 is 0. The van der Waals surface area contributed by atoms with Crippen molar-refractivity contribution in [3.8, 4) is 0 Å². The van der Waals surface area contributed by atoms with E-state index < -0.39 is 0 Å². The van der Waals surface area contributed by atoms with Gasteiger partial charge in [-0.05, 0) is 30.4 Å². The van der Waals surface area contributed by atoms with E-state index in [2.05, 4.69) is 58.7 Å². The van der Waals surface area contributed by atoms with Gasteiger partial charge in [0.25, 0.3) is 0 Å². The van der Waals surface area contributed by atoms with E-state index >= 15 is 0 Å². The molecule has 0 aliphatic heterocycles. The van der Waals surface area contributed by atoms with Crippen molar-refractivity contribution >= 4 is 11.8 Å². The van der Waals surface area contributed by atoms with Crippen LogP contribution in [0.1, 0.15) is 31.4 Å². The number of hydrogen-bond acceptors (Lipinski definition) is 5. The van der Waals surface area contributed by atoms with Crippen molar-refractivity contribution in [2.45, 2.75) is 33.7 Å². The molecule has 5 nitrogen and oxygen atoms in total. The summed E-state index contributed by atoms with van der Waals surface area (Å²) in [5, 5.41) is 14.5. The van der Waals surface area contributed by atoms with E-state index in [4.69, 9.17) is 0 Å². The van der Waals surface area contributed by atoms with Gasteiger partial charge < -0.3 is 10.6 Å². The molecule has 0 saturated carbocycles. The van der Waals surface area contributed by atoms with Gasteiger partial charge in [0.05, 0.1) is 6.20 Å². The summed E-state index contributed by atoms with van der Waals surface area (Å²) in [7, 11) is 0. The Morgan fingerprint density at radius 3 is 2.71 bits per heavy atom. The predicted octanol–water partition coefficient (Wildman–Crippen LogP) is 3.25. The molecule has 2 rings (SSSR count). The van der Waals surface area contributed by atoms with Crippen molar-refractivity contribution in [1.82, 2.24) is 15.2 Å². The molecule has 0 amide bonds. The molecule has 1 aromatic carbocycles. The van der Waals surface area contributed by atoms with Crippen molar-refractivity contribution in [3.63, 3.8) is 0 Å². The third-order valence-electron chi connectivity index (χ3n) is 3.28. The maximum absolute atomic E-state index is 4.42. The van der Waals surface area contributed by atoms with E-state index in [1.54, 1.807) is 6.20 Å². The summed E-state index contributed by atoms with van der Waals surface area (Å²) in [6, 6.07) is 8.30. The second kappa shape index (κ2) is 7.57. The maximum Gasteiger partial charge on any atom is 0.244 e. The molecule has 0 atom stereocenters. The van der Waals surface area contributed by atoms with E-state index in [1.807, 2.05) is 12.1 Å².